The molecular formula is C65H60BN2OS. The molecule has 0 amide bonds. The van der Waals surface area contributed by atoms with Gasteiger partial charge in [0.05, 0.1) is 11.3 Å². The largest absolute Gasteiger partial charge is 0.469 e. The number of furan rings is 1. The Bertz CT molecular complexity index is 3810. The number of benzene rings is 8. The van der Waals surface area contributed by atoms with Crippen LogP contribution in [0.4, 0.5) is 28.4 Å². The number of rotatable bonds is 5. The normalized spacial score (nSPS) is 17.2. The molecule has 0 saturated carbocycles. The quantitative estimate of drug-likeness (QED) is 0.174. The molecule has 2 aliphatic carbocycles. The van der Waals surface area contributed by atoms with Crippen LogP contribution in [-0.4, -0.2) is 7.28 Å². The summed E-state index contributed by atoms with van der Waals surface area (Å²) in [6.45, 7) is 21.8. The Morgan fingerprint density at radius 1 is 0.514 bits per heavy atom. The van der Waals surface area contributed by atoms with Crippen LogP contribution < -0.4 is 21.3 Å². The number of hydrogen-bond acceptors (Lipinski definition) is 4. The summed E-state index contributed by atoms with van der Waals surface area (Å²) in [4.78, 5) is 2.61. The number of fused-ring (bicyclic) bond motifs is 10. The molecule has 1 N–H and O–H groups in total. The molecule has 5 heteroatoms. The van der Waals surface area contributed by atoms with Crippen molar-refractivity contribution in [2.24, 2.45) is 0 Å². The smallest absolute Gasteiger partial charge is 0.247 e. The second-order valence-electron chi connectivity index (χ2n) is 23.4. The van der Waals surface area contributed by atoms with E-state index in [1.165, 1.54) is 87.4 Å². The molecule has 345 valence electrons. The maximum atomic E-state index is 7.32. The van der Waals surface area contributed by atoms with Crippen LogP contribution in [0.15, 0.2) is 150 Å². The molecule has 0 atom stereocenters. The van der Waals surface area contributed by atoms with Crippen LogP contribution in [-0.2, 0) is 21.7 Å². The third kappa shape index (κ3) is 6.67. The number of nitrogens with one attached hydrogen (secondary N) is 1. The predicted octanol–water partition coefficient (Wildman–Crippen LogP) is 17.5. The zero-order chi connectivity index (χ0) is 48.1. The summed E-state index contributed by atoms with van der Waals surface area (Å²) in [5, 5.41) is 10.2. The summed E-state index contributed by atoms with van der Waals surface area (Å²) < 4.78 is 9.90. The van der Waals surface area contributed by atoms with Crippen LogP contribution in [0.25, 0.3) is 64.2 Å². The number of nitrogens with zero attached hydrogens (tertiary/aromatic N) is 1. The van der Waals surface area contributed by atoms with Crippen molar-refractivity contribution in [1.82, 2.24) is 0 Å². The number of aryl methyl sites for hydroxylation is 1. The van der Waals surface area contributed by atoms with Gasteiger partial charge in [-0.2, -0.15) is 0 Å². The highest BCUT2D eigenvalue weighted by Gasteiger charge is 2.42. The maximum absolute atomic E-state index is 7.32. The Kier molecular flexibility index (Phi) is 9.45. The third-order valence-corrected chi connectivity index (χ3v) is 18.1. The summed E-state index contributed by atoms with van der Waals surface area (Å²) in [7, 11) is 2.37. The van der Waals surface area contributed by atoms with E-state index in [1.54, 1.807) is 0 Å². The molecule has 70 heavy (non-hydrogen) atoms. The van der Waals surface area contributed by atoms with Gasteiger partial charge in [0, 0.05) is 53.9 Å². The van der Waals surface area contributed by atoms with E-state index < -0.39 is 0 Å². The third-order valence-electron chi connectivity index (χ3n) is 16.9. The molecule has 0 bridgehead atoms. The fourth-order valence-electron chi connectivity index (χ4n) is 12.5. The fraction of sp³-hybridized carbons (Fsp3) is 0.262. The molecule has 3 nitrogen and oxygen atoms in total. The first-order valence-corrected chi connectivity index (χ1v) is 26.2. The summed E-state index contributed by atoms with van der Waals surface area (Å²) in [5.41, 5.74) is 20.5. The lowest BCUT2D eigenvalue weighted by atomic mass is 9.60. The van der Waals surface area contributed by atoms with Gasteiger partial charge in [-0.3, -0.25) is 0 Å². The Morgan fingerprint density at radius 2 is 1.13 bits per heavy atom. The monoisotopic (exact) mass is 927 g/mol. The van der Waals surface area contributed by atoms with Crippen LogP contribution >= 0.6 is 11.3 Å². The molecule has 0 saturated heterocycles. The van der Waals surface area contributed by atoms with Crippen molar-refractivity contribution in [1.29, 1.82) is 0 Å². The van der Waals surface area contributed by atoms with Crippen molar-refractivity contribution >= 4 is 100 Å². The van der Waals surface area contributed by atoms with E-state index in [-0.39, 0.29) is 21.7 Å². The van der Waals surface area contributed by atoms with Crippen LogP contribution in [0, 0.1) is 6.92 Å². The van der Waals surface area contributed by atoms with E-state index in [1.807, 2.05) is 11.3 Å². The van der Waals surface area contributed by atoms with E-state index in [4.69, 9.17) is 4.42 Å². The van der Waals surface area contributed by atoms with Crippen LogP contribution in [0.5, 0.6) is 0 Å². The first-order chi connectivity index (χ1) is 33.5. The second-order valence-corrected chi connectivity index (χ2v) is 24.5. The minimum Gasteiger partial charge on any atom is -0.469 e. The zero-order valence-electron chi connectivity index (χ0n) is 42.0. The van der Waals surface area contributed by atoms with Gasteiger partial charge in [0.15, 0.2) is 0 Å². The molecular weight excluding hydrogens is 868 g/mol. The van der Waals surface area contributed by atoms with E-state index in [0.29, 0.717) is 0 Å². The Balaban J connectivity index is 1.12. The van der Waals surface area contributed by atoms with Crippen molar-refractivity contribution in [2.45, 2.75) is 110 Å². The number of thiophene rings is 1. The average Bonchev–Trinajstić information content (AvgIpc) is 3.92. The predicted molar refractivity (Wildman–Crippen MR) is 302 cm³/mol. The minimum absolute atomic E-state index is 0.0212. The molecule has 2 aromatic heterocycles. The van der Waals surface area contributed by atoms with Crippen molar-refractivity contribution in [2.75, 3.05) is 10.2 Å². The van der Waals surface area contributed by atoms with Crippen molar-refractivity contribution in [3.05, 3.63) is 173 Å². The topological polar surface area (TPSA) is 28.4 Å². The van der Waals surface area contributed by atoms with Gasteiger partial charge >= 0.3 is 0 Å². The number of hydrogen-bond donors (Lipinski definition) is 1. The van der Waals surface area contributed by atoms with Gasteiger partial charge in [-0.25, -0.2) is 0 Å². The summed E-state index contributed by atoms with van der Waals surface area (Å²) in [5.74, 6) is 0. The lowest BCUT2D eigenvalue weighted by molar-refractivity contribution is 0.332. The fourth-order valence-corrected chi connectivity index (χ4v) is 13.7. The summed E-state index contributed by atoms with van der Waals surface area (Å²) >= 11 is 1.86. The SMILES string of the molecule is Cc1cc2c(cc1N1c3cc(-c4ccccc4)cc(-c4cc5ccccc5cc4Nc4cccc5sc6ccccc6c45)c3[B]c3oc4cc5c(cc4c31)C(C)(C)CCC5(C)C)C(C)(C)CCC2(C)C. The van der Waals surface area contributed by atoms with E-state index in [9.17, 15) is 0 Å². The Labute approximate surface area is 417 Å². The molecule has 3 aliphatic rings. The van der Waals surface area contributed by atoms with Gasteiger partial charge in [-0.15, -0.1) is 11.3 Å². The highest BCUT2D eigenvalue weighted by Crippen LogP contribution is 2.54. The molecule has 1 aliphatic heterocycles. The van der Waals surface area contributed by atoms with Crippen molar-refractivity contribution < 1.29 is 4.42 Å². The van der Waals surface area contributed by atoms with Gasteiger partial charge < -0.3 is 14.6 Å². The minimum atomic E-state index is 0.0212. The molecule has 0 spiro atoms. The van der Waals surface area contributed by atoms with Gasteiger partial charge in [0.25, 0.3) is 0 Å². The highest BCUT2D eigenvalue weighted by molar-refractivity contribution is 7.26. The zero-order valence-corrected chi connectivity index (χ0v) is 42.8. The summed E-state index contributed by atoms with van der Waals surface area (Å²) in [6.07, 6.45) is 4.61. The number of anilines is 5. The summed E-state index contributed by atoms with van der Waals surface area (Å²) in [6, 6.07) is 54.9. The molecule has 0 fully saturated rings. The van der Waals surface area contributed by atoms with Crippen molar-refractivity contribution in [3.63, 3.8) is 0 Å². The molecule has 1 radical (unpaired) electrons. The first-order valence-electron chi connectivity index (χ1n) is 25.4. The Hall–Kier alpha value is -6.56. The Morgan fingerprint density at radius 3 is 1.86 bits per heavy atom. The lowest BCUT2D eigenvalue weighted by Gasteiger charge is -2.43. The van der Waals surface area contributed by atoms with Gasteiger partial charge in [-0.05, 0) is 176 Å². The van der Waals surface area contributed by atoms with E-state index in [0.717, 1.165) is 69.8 Å². The molecule has 10 aromatic rings. The maximum Gasteiger partial charge on any atom is 0.247 e. The molecule has 13 rings (SSSR count). The second kappa shape index (κ2) is 15.2. The average molecular weight is 928 g/mol. The van der Waals surface area contributed by atoms with Crippen molar-refractivity contribution in [3.8, 4) is 22.3 Å². The molecule has 0 unspecified atom stereocenters. The van der Waals surface area contributed by atoms with Crippen LogP contribution in [0.1, 0.15) is 109 Å². The van der Waals surface area contributed by atoms with Crippen LogP contribution in [0.2, 0.25) is 0 Å². The van der Waals surface area contributed by atoms with Gasteiger partial charge in [0.2, 0.25) is 7.28 Å². The first kappa shape index (κ1) is 43.5. The molecule has 8 aromatic carbocycles. The van der Waals surface area contributed by atoms with E-state index in [2.05, 4.69) is 225 Å². The van der Waals surface area contributed by atoms with E-state index >= 15 is 0 Å². The lowest BCUT2D eigenvalue weighted by Crippen LogP contribution is -2.40. The molecule has 3 heterocycles. The highest BCUT2D eigenvalue weighted by atomic mass is 32.1. The van der Waals surface area contributed by atoms with Gasteiger partial charge in [-0.1, -0.05) is 140 Å². The van der Waals surface area contributed by atoms with Crippen LogP contribution in [0.3, 0.4) is 0 Å². The standard InChI is InChI=1S/C65H60BN2OS/c1-38-30-47-49(64(6,7)28-26-62(47,2)3)36-53(38)68-54-34-42(39-18-11-10-12-19-39)32-45(59(54)66-61-60(68)46-35-48-50(37-55(46)69-61)65(8,9)29-27-63(48,4)5)44-31-40-20-13-14-21-41(40)33-52(44)67-51-23-17-25-57-58(51)43-22-15-16-24-56(43)70-57/h10-25,30-37,67H,26-29H2,1-9H3. The van der Waals surface area contributed by atoms with Gasteiger partial charge in [0.1, 0.15) is 5.58 Å².